The molecule has 30 heavy (non-hydrogen) atoms. The van der Waals surface area contributed by atoms with E-state index in [1.54, 1.807) is 31.2 Å². The van der Waals surface area contributed by atoms with Crippen LogP contribution in [0.1, 0.15) is 6.92 Å². The molecule has 1 amide bonds. The number of hydrogen-bond donors (Lipinski definition) is 0. The van der Waals surface area contributed by atoms with Crippen molar-refractivity contribution in [2.75, 3.05) is 26.2 Å². The Labute approximate surface area is 181 Å². The molecule has 2 aromatic rings. The van der Waals surface area contributed by atoms with Crippen LogP contribution in [0.5, 0.6) is 0 Å². The van der Waals surface area contributed by atoms with Crippen LogP contribution in [0.4, 0.5) is 13.2 Å². The summed E-state index contributed by atoms with van der Waals surface area (Å²) in [5.74, 6) is -5.21. The van der Waals surface area contributed by atoms with Gasteiger partial charge in [-0.1, -0.05) is 11.6 Å². The Hall–Kier alpha value is -1.75. The third-order valence-corrected chi connectivity index (χ3v) is 7.91. The van der Waals surface area contributed by atoms with Gasteiger partial charge in [-0.2, -0.15) is 4.31 Å². The van der Waals surface area contributed by atoms with Gasteiger partial charge in [0.15, 0.2) is 17.5 Å². The lowest BCUT2D eigenvalue weighted by molar-refractivity contribution is -0.131. The number of hydrogen-bond acceptors (Lipinski definition) is 4. The highest BCUT2D eigenvalue weighted by Gasteiger charge is 2.34. The number of thioether (sulfide) groups is 1. The zero-order chi connectivity index (χ0) is 22.1. The highest BCUT2D eigenvalue weighted by Crippen LogP contribution is 2.27. The number of carbonyl (C=O) groups excluding carboxylic acids is 1. The lowest BCUT2D eigenvalue weighted by Crippen LogP contribution is -2.52. The van der Waals surface area contributed by atoms with Gasteiger partial charge in [0, 0.05) is 36.1 Å². The number of carbonyl (C=O) groups is 1. The van der Waals surface area contributed by atoms with E-state index in [1.807, 2.05) is 0 Å². The summed E-state index contributed by atoms with van der Waals surface area (Å²) in [7, 11) is -4.36. The summed E-state index contributed by atoms with van der Waals surface area (Å²) in [4.78, 5) is 14.2. The molecule has 0 N–H and O–H groups in total. The Kier molecular flexibility index (Phi) is 7.01. The molecule has 0 saturated carbocycles. The third kappa shape index (κ3) is 4.77. The fraction of sp³-hybridized carbons (Fsp3) is 0.316. The van der Waals surface area contributed by atoms with Crippen LogP contribution in [-0.2, 0) is 14.8 Å². The van der Waals surface area contributed by atoms with Gasteiger partial charge < -0.3 is 4.90 Å². The summed E-state index contributed by atoms with van der Waals surface area (Å²) in [5, 5.41) is 0.186. The first kappa shape index (κ1) is 22.9. The molecule has 1 unspecified atom stereocenters. The fourth-order valence-electron chi connectivity index (χ4n) is 3.02. The molecule has 0 bridgehead atoms. The second-order valence-electron chi connectivity index (χ2n) is 6.62. The highest BCUT2D eigenvalue weighted by molar-refractivity contribution is 8.00. The van der Waals surface area contributed by atoms with E-state index in [-0.39, 0.29) is 32.1 Å². The molecule has 0 spiro atoms. The average Bonchev–Trinajstić information content (AvgIpc) is 2.73. The van der Waals surface area contributed by atoms with Crippen molar-refractivity contribution in [2.24, 2.45) is 0 Å². The number of rotatable bonds is 5. The predicted octanol–water partition coefficient (Wildman–Crippen LogP) is 3.77. The van der Waals surface area contributed by atoms with E-state index in [2.05, 4.69) is 0 Å². The van der Waals surface area contributed by atoms with Gasteiger partial charge in [-0.25, -0.2) is 21.6 Å². The van der Waals surface area contributed by atoms with Crippen LogP contribution in [0, 0.1) is 17.5 Å². The van der Waals surface area contributed by atoms with Crippen molar-refractivity contribution in [3.63, 3.8) is 0 Å². The Balaban J connectivity index is 1.64. The monoisotopic (exact) mass is 478 g/mol. The van der Waals surface area contributed by atoms with E-state index in [0.717, 1.165) is 9.20 Å². The van der Waals surface area contributed by atoms with Gasteiger partial charge in [0.25, 0.3) is 0 Å². The summed E-state index contributed by atoms with van der Waals surface area (Å²) in [6.07, 6.45) is 0. The van der Waals surface area contributed by atoms with Crippen LogP contribution in [-0.4, -0.2) is 55.0 Å². The molecule has 1 fully saturated rings. The summed E-state index contributed by atoms with van der Waals surface area (Å²) in [6, 6.07) is 8.33. The van der Waals surface area contributed by atoms with Crippen molar-refractivity contribution >= 4 is 39.3 Å². The maximum atomic E-state index is 14.0. The van der Waals surface area contributed by atoms with Crippen LogP contribution in [0.25, 0.3) is 0 Å². The summed E-state index contributed by atoms with van der Waals surface area (Å²) >= 11 is 7.21. The Bertz CT molecular complexity index is 1040. The molecule has 0 radical (unpaired) electrons. The molecule has 5 nitrogen and oxygen atoms in total. The number of sulfonamides is 1. The van der Waals surface area contributed by atoms with Crippen molar-refractivity contribution < 1.29 is 26.4 Å². The molecule has 3 rings (SSSR count). The minimum absolute atomic E-state index is 0.0785. The minimum Gasteiger partial charge on any atom is -0.339 e. The Morgan fingerprint density at radius 3 is 2.20 bits per heavy atom. The van der Waals surface area contributed by atoms with Crippen molar-refractivity contribution in [3.8, 4) is 0 Å². The molecule has 1 aliphatic rings. The lowest BCUT2D eigenvalue weighted by Gasteiger charge is -2.35. The zero-order valence-electron chi connectivity index (χ0n) is 15.8. The standard InChI is InChI=1S/C19H18ClF3N2O3S2/c1-12(29-14-4-2-13(20)3-5-14)19(26)24-8-10-25(11-9-24)30(27,28)16-7-6-15(21)17(22)18(16)23/h2-7,12H,8-11H2,1H3. The maximum Gasteiger partial charge on any atom is 0.246 e. The van der Waals surface area contributed by atoms with Gasteiger partial charge in [-0.05, 0) is 43.3 Å². The van der Waals surface area contributed by atoms with E-state index < -0.39 is 37.6 Å². The summed E-state index contributed by atoms with van der Waals surface area (Å²) in [6.45, 7) is 1.81. The van der Waals surface area contributed by atoms with Crippen molar-refractivity contribution in [1.82, 2.24) is 9.21 Å². The SMILES string of the molecule is CC(Sc1ccc(Cl)cc1)C(=O)N1CCN(S(=O)(=O)c2ccc(F)c(F)c2F)CC1. The molecular formula is C19H18ClF3N2O3S2. The first-order valence-corrected chi connectivity index (χ1v) is 11.7. The Morgan fingerprint density at radius 1 is 1.00 bits per heavy atom. The smallest absolute Gasteiger partial charge is 0.246 e. The van der Waals surface area contributed by atoms with Gasteiger partial charge in [-0.15, -0.1) is 11.8 Å². The fourth-order valence-corrected chi connectivity index (χ4v) is 5.58. The molecule has 1 atom stereocenters. The zero-order valence-corrected chi connectivity index (χ0v) is 18.2. The molecule has 162 valence electrons. The summed E-state index contributed by atoms with van der Waals surface area (Å²) < 4.78 is 66.7. The third-order valence-electron chi connectivity index (χ3n) is 4.64. The molecular weight excluding hydrogens is 461 g/mol. The number of piperazine rings is 1. The molecule has 0 aromatic heterocycles. The highest BCUT2D eigenvalue weighted by atomic mass is 35.5. The minimum atomic E-state index is -4.36. The maximum absolute atomic E-state index is 14.0. The lowest BCUT2D eigenvalue weighted by atomic mass is 10.3. The van der Waals surface area contributed by atoms with E-state index in [1.165, 1.54) is 16.7 Å². The largest absolute Gasteiger partial charge is 0.339 e. The molecule has 2 aromatic carbocycles. The molecule has 0 aliphatic carbocycles. The molecule has 1 aliphatic heterocycles. The van der Waals surface area contributed by atoms with Crippen molar-refractivity contribution in [3.05, 3.63) is 58.9 Å². The molecule has 1 saturated heterocycles. The van der Waals surface area contributed by atoms with Crippen molar-refractivity contribution in [1.29, 1.82) is 0 Å². The van der Waals surface area contributed by atoms with Crippen molar-refractivity contribution in [2.45, 2.75) is 22.0 Å². The number of amides is 1. The number of nitrogens with zero attached hydrogens (tertiary/aromatic N) is 2. The van der Waals surface area contributed by atoms with Gasteiger partial charge in [0.1, 0.15) is 4.90 Å². The predicted molar refractivity (Wildman–Crippen MR) is 108 cm³/mol. The normalized spacial score (nSPS) is 16.5. The second kappa shape index (κ2) is 9.17. The van der Waals surface area contributed by atoms with E-state index in [9.17, 15) is 26.4 Å². The number of halogens is 4. The van der Waals surface area contributed by atoms with E-state index in [0.29, 0.717) is 17.2 Å². The van der Waals surface area contributed by atoms with Gasteiger partial charge in [0.05, 0.1) is 5.25 Å². The quantitative estimate of drug-likeness (QED) is 0.485. The Morgan fingerprint density at radius 2 is 1.60 bits per heavy atom. The molecule has 11 heteroatoms. The first-order chi connectivity index (χ1) is 14.1. The molecule has 1 heterocycles. The summed E-state index contributed by atoms with van der Waals surface area (Å²) in [5.41, 5.74) is 0. The van der Waals surface area contributed by atoms with Gasteiger partial charge >= 0.3 is 0 Å². The van der Waals surface area contributed by atoms with Crippen LogP contribution in [0.2, 0.25) is 5.02 Å². The van der Waals surface area contributed by atoms with Crippen LogP contribution in [0.15, 0.2) is 46.2 Å². The van der Waals surface area contributed by atoms with Crippen LogP contribution < -0.4 is 0 Å². The second-order valence-corrected chi connectivity index (χ2v) is 10.4. The number of benzene rings is 2. The average molecular weight is 479 g/mol. The van der Waals surface area contributed by atoms with Gasteiger partial charge in [0.2, 0.25) is 15.9 Å². The van der Waals surface area contributed by atoms with E-state index in [4.69, 9.17) is 11.6 Å². The van der Waals surface area contributed by atoms with Gasteiger partial charge in [-0.3, -0.25) is 4.79 Å². The first-order valence-electron chi connectivity index (χ1n) is 8.96. The topological polar surface area (TPSA) is 57.7 Å². The van der Waals surface area contributed by atoms with Crippen LogP contribution >= 0.6 is 23.4 Å². The van der Waals surface area contributed by atoms with Crippen LogP contribution in [0.3, 0.4) is 0 Å². The van der Waals surface area contributed by atoms with E-state index >= 15 is 0 Å².